The second-order valence-corrected chi connectivity index (χ2v) is 7.81. The Morgan fingerprint density at radius 3 is 2.36 bits per heavy atom. The average molecular weight is 300 g/mol. The minimum atomic E-state index is -0.476. The predicted octanol–water partition coefficient (Wildman–Crippen LogP) is 3.31. The molecule has 0 saturated heterocycles. The third kappa shape index (κ3) is 3.11. The molecule has 2 rings (SSSR count). The molecule has 2 heterocycles. The van der Waals surface area contributed by atoms with E-state index in [0.29, 0.717) is 5.56 Å². The van der Waals surface area contributed by atoms with Crippen LogP contribution in [0, 0.1) is 5.41 Å². The van der Waals surface area contributed by atoms with Crippen molar-refractivity contribution in [2.45, 2.75) is 53.5 Å². The van der Waals surface area contributed by atoms with E-state index in [9.17, 15) is 9.59 Å². The maximum atomic E-state index is 12.9. The van der Waals surface area contributed by atoms with Crippen molar-refractivity contribution in [3.05, 3.63) is 40.4 Å². The number of ketones is 1. The van der Waals surface area contributed by atoms with E-state index in [0.717, 1.165) is 10.9 Å². The molecule has 2 aromatic heterocycles. The van der Waals surface area contributed by atoms with Gasteiger partial charge in [0.15, 0.2) is 5.78 Å². The van der Waals surface area contributed by atoms with Crippen LogP contribution in [0.4, 0.5) is 0 Å². The van der Waals surface area contributed by atoms with E-state index >= 15 is 0 Å². The van der Waals surface area contributed by atoms with E-state index in [1.165, 1.54) is 0 Å². The Labute approximate surface area is 131 Å². The molecule has 2 aromatic rings. The van der Waals surface area contributed by atoms with E-state index < -0.39 is 5.41 Å². The minimum Gasteiger partial charge on any atom is -0.300 e. The lowest BCUT2D eigenvalue weighted by Gasteiger charge is -2.23. The van der Waals surface area contributed by atoms with E-state index in [1.54, 1.807) is 23.0 Å². The van der Waals surface area contributed by atoms with Crippen LogP contribution >= 0.6 is 0 Å². The molecular weight excluding hydrogens is 276 g/mol. The summed E-state index contributed by atoms with van der Waals surface area (Å²) in [5.74, 6) is 0.0405. The van der Waals surface area contributed by atoms with Gasteiger partial charge >= 0.3 is 0 Å². The van der Waals surface area contributed by atoms with Crippen molar-refractivity contribution in [3.8, 4) is 0 Å². The molecule has 0 saturated carbocycles. The number of carbonyl (C=O) groups is 1. The molecule has 0 radical (unpaired) electrons. The van der Waals surface area contributed by atoms with Crippen molar-refractivity contribution in [2.24, 2.45) is 5.41 Å². The zero-order valence-corrected chi connectivity index (χ0v) is 14.2. The third-order valence-corrected chi connectivity index (χ3v) is 3.84. The third-order valence-electron chi connectivity index (χ3n) is 3.84. The summed E-state index contributed by atoms with van der Waals surface area (Å²) in [6.45, 7) is 11.7. The summed E-state index contributed by atoms with van der Waals surface area (Å²) in [5, 5.41) is 0.883. The van der Waals surface area contributed by atoms with Gasteiger partial charge < -0.3 is 4.57 Å². The molecule has 4 nitrogen and oxygen atoms in total. The summed E-state index contributed by atoms with van der Waals surface area (Å²) < 4.78 is 1.59. The van der Waals surface area contributed by atoms with Gasteiger partial charge in [0, 0.05) is 28.8 Å². The van der Waals surface area contributed by atoms with Crippen molar-refractivity contribution in [2.75, 3.05) is 0 Å². The van der Waals surface area contributed by atoms with Crippen LogP contribution in [-0.2, 0) is 16.8 Å². The normalized spacial score (nSPS) is 12.6. The smallest absolute Gasteiger partial charge is 0.255 e. The number of rotatable bonds is 2. The summed E-state index contributed by atoms with van der Waals surface area (Å²) in [5.41, 5.74) is 0.605. The molecule has 22 heavy (non-hydrogen) atoms. The van der Waals surface area contributed by atoms with E-state index in [4.69, 9.17) is 0 Å². The fourth-order valence-corrected chi connectivity index (χ4v) is 2.30. The van der Waals surface area contributed by atoms with Crippen molar-refractivity contribution < 1.29 is 4.79 Å². The quantitative estimate of drug-likeness (QED) is 0.855. The van der Waals surface area contributed by atoms with Crippen LogP contribution in [0.1, 0.15) is 47.1 Å². The van der Waals surface area contributed by atoms with Gasteiger partial charge in [-0.05, 0) is 17.5 Å². The SMILES string of the molecule is CC(C)(C)C(=O)Cn1c(=O)c(C(C)(C)C)cc2cnccc21. The van der Waals surface area contributed by atoms with E-state index in [2.05, 4.69) is 4.98 Å². The largest absolute Gasteiger partial charge is 0.300 e. The Morgan fingerprint density at radius 2 is 1.82 bits per heavy atom. The molecule has 0 fully saturated rings. The standard InChI is InChI=1S/C18H24N2O2/c1-17(2,3)13-9-12-10-19-8-7-14(12)20(16(13)22)11-15(21)18(4,5)6/h7-10H,11H2,1-6H3. The molecule has 0 aliphatic carbocycles. The van der Waals surface area contributed by atoms with Gasteiger partial charge in [-0.25, -0.2) is 0 Å². The highest BCUT2D eigenvalue weighted by atomic mass is 16.1. The molecule has 0 atom stereocenters. The molecular formula is C18H24N2O2. The van der Waals surface area contributed by atoms with Crippen LogP contribution in [0.5, 0.6) is 0 Å². The van der Waals surface area contributed by atoms with Crippen LogP contribution < -0.4 is 5.56 Å². The molecule has 0 spiro atoms. The Kier molecular flexibility index (Phi) is 3.98. The van der Waals surface area contributed by atoms with Gasteiger partial charge in [0.2, 0.25) is 0 Å². The van der Waals surface area contributed by atoms with Crippen molar-refractivity contribution in [3.63, 3.8) is 0 Å². The van der Waals surface area contributed by atoms with Crippen LogP contribution in [0.2, 0.25) is 0 Å². The maximum Gasteiger partial charge on any atom is 0.255 e. The van der Waals surface area contributed by atoms with Gasteiger partial charge in [0.25, 0.3) is 5.56 Å². The summed E-state index contributed by atoms with van der Waals surface area (Å²) in [4.78, 5) is 29.4. The van der Waals surface area contributed by atoms with E-state index in [-0.39, 0.29) is 23.3 Å². The molecule has 0 unspecified atom stereocenters. The molecule has 0 aliphatic rings. The van der Waals surface area contributed by atoms with Gasteiger partial charge in [-0.1, -0.05) is 41.5 Å². The van der Waals surface area contributed by atoms with Gasteiger partial charge in [0.1, 0.15) is 0 Å². The van der Waals surface area contributed by atoms with Crippen LogP contribution in [-0.4, -0.2) is 15.3 Å². The molecule has 4 heteroatoms. The summed E-state index contributed by atoms with van der Waals surface area (Å²) >= 11 is 0. The van der Waals surface area contributed by atoms with Crippen LogP contribution in [0.3, 0.4) is 0 Å². The first-order valence-electron chi connectivity index (χ1n) is 7.53. The molecule has 0 aromatic carbocycles. The number of Topliss-reactive ketones (excluding diaryl/α,β-unsaturated/α-hetero) is 1. The zero-order chi connectivity index (χ0) is 16.7. The Balaban J connectivity index is 2.73. The number of fused-ring (bicyclic) bond motifs is 1. The number of pyridine rings is 2. The highest BCUT2D eigenvalue weighted by Gasteiger charge is 2.25. The first-order chi connectivity index (χ1) is 10.0. The highest BCUT2D eigenvalue weighted by molar-refractivity contribution is 5.86. The fraction of sp³-hybridized carbons (Fsp3) is 0.500. The number of aromatic nitrogens is 2. The monoisotopic (exact) mass is 300 g/mol. The minimum absolute atomic E-state index is 0.0405. The number of nitrogens with zero attached hydrogens (tertiary/aromatic N) is 2. The van der Waals surface area contributed by atoms with Crippen molar-refractivity contribution in [1.29, 1.82) is 0 Å². The van der Waals surface area contributed by atoms with Crippen molar-refractivity contribution >= 4 is 16.7 Å². The molecule has 0 amide bonds. The first-order valence-corrected chi connectivity index (χ1v) is 7.53. The van der Waals surface area contributed by atoms with Crippen LogP contribution in [0.25, 0.3) is 10.9 Å². The zero-order valence-electron chi connectivity index (χ0n) is 14.2. The first kappa shape index (κ1) is 16.4. The average Bonchev–Trinajstić information content (AvgIpc) is 2.39. The number of hydrogen-bond donors (Lipinski definition) is 0. The second-order valence-electron chi connectivity index (χ2n) is 7.81. The van der Waals surface area contributed by atoms with E-state index in [1.807, 2.05) is 47.6 Å². The van der Waals surface area contributed by atoms with Crippen LogP contribution in [0.15, 0.2) is 29.3 Å². The molecule has 0 bridgehead atoms. The fourth-order valence-electron chi connectivity index (χ4n) is 2.30. The lowest BCUT2D eigenvalue weighted by atomic mass is 9.87. The number of carbonyl (C=O) groups excluding carboxylic acids is 1. The Bertz CT molecular complexity index is 774. The van der Waals surface area contributed by atoms with Gasteiger partial charge in [-0.15, -0.1) is 0 Å². The summed E-state index contributed by atoms with van der Waals surface area (Å²) in [6, 6.07) is 3.68. The predicted molar refractivity (Wildman–Crippen MR) is 89.2 cm³/mol. The molecule has 118 valence electrons. The summed E-state index contributed by atoms with van der Waals surface area (Å²) in [7, 11) is 0. The summed E-state index contributed by atoms with van der Waals surface area (Å²) in [6.07, 6.45) is 3.39. The van der Waals surface area contributed by atoms with Crippen molar-refractivity contribution in [1.82, 2.24) is 9.55 Å². The second kappa shape index (κ2) is 5.34. The van der Waals surface area contributed by atoms with Gasteiger partial charge in [0.05, 0.1) is 12.1 Å². The van der Waals surface area contributed by atoms with Gasteiger partial charge in [-0.2, -0.15) is 0 Å². The highest BCUT2D eigenvalue weighted by Crippen LogP contribution is 2.23. The lowest BCUT2D eigenvalue weighted by molar-refractivity contribution is -0.126. The lowest BCUT2D eigenvalue weighted by Crippen LogP contribution is -2.35. The topological polar surface area (TPSA) is 52.0 Å². The molecule has 0 N–H and O–H groups in total. The Hall–Kier alpha value is -1.97. The molecule has 0 aliphatic heterocycles. The Morgan fingerprint density at radius 1 is 1.18 bits per heavy atom. The number of hydrogen-bond acceptors (Lipinski definition) is 3. The van der Waals surface area contributed by atoms with Gasteiger partial charge in [-0.3, -0.25) is 14.6 Å². The maximum absolute atomic E-state index is 12.9.